The summed E-state index contributed by atoms with van der Waals surface area (Å²) in [5.41, 5.74) is 4.94. The zero-order chi connectivity index (χ0) is 11.7. The van der Waals surface area contributed by atoms with E-state index in [2.05, 4.69) is 48.6 Å². The van der Waals surface area contributed by atoms with Gasteiger partial charge in [-0.2, -0.15) is 0 Å². The Morgan fingerprint density at radius 2 is 1.76 bits per heavy atom. The number of benzene rings is 1. The lowest BCUT2D eigenvalue weighted by Gasteiger charge is -2.36. The van der Waals surface area contributed by atoms with Gasteiger partial charge in [-0.05, 0) is 67.2 Å². The molecule has 17 heavy (non-hydrogen) atoms. The van der Waals surface area contributed by atoms with Gasteiger partial charge in [-0.3, -0.25) is 0 Å². The van der Waals surface area contributed by atoms with E-state index in [0.717, 1.165) is 0 Å². The molecule has 1 aromatic carbocycles. The van der Waals surface area contributed by atoms with Crippen LogP contribution >= 0.6 is 23.5 Å². The summed E-state index contributed by atoms with van der Waals surface area (Å²) >= 11 is 4.31. The first kappa shape index (κ1) is 12.0. The summed E-state index contributed by atoms with van der Waals surface area (Å²) in [7, 11) is 0. The molecular weight excluding hydrogens is 244 g/mol. The fourth-order valence-corrected chi connectivity index (χ4v) is 6.06. The first-order valence-electron chi connectivity index (χ1n) is 6.69. The number of hydrogen-bond acceptors (Lipinski definition) is 2. The first-order chi connectivity index (χ1) is 8.30. The van der Waals surface area contributed by atoms with Crippen LogP contribution in [0.5, 0.6) is 0 Å². The molecule has 3 rings (SSSR count). The molecule has 1 saturated heterocycles. The Hall–Kier alpha value is -0.0800. The molecule has 0 N–H and O–H groups in total. The van der Waals surface area contributed by atoms with Crippen LogP contribution in [-0.4, -0.2) is 11.5 Å². The van der Waals surface area contributed by atoms with Gasteiger partial charge in [0, 0.05) is 0 Å². The van der Waals surface area contributed by atoms with Crippen LogP contribution in [0.25, 0.3) is 0 Å². The number of hydrogen-bond donors (Lipinski definition) is 0. The van der Waals surface area contributed by atoms with E-state index < -0.39 is 0 Å². The second-order valence-corrected chi connectivity index (χ2v) is 8.43. The normalized spacial score (nSPS) is 23.1. The van der Waals surface area contributed by atoms with Crippen molar-refractivity contribution in [3.8, 4) is 0 Å². The highest BCUT2D eigenvalue weighted by Crippen LogP contribution is 2.51. The Morgan fingerprint density at radius 3 is 2.59 bits per heavy atom. The van der Waals surface area contributed by atoms with Gasteiger partial charge in [0.15, 0.2) is 0 Å². The van der Waals surface area contributed by atoms with Crippen molar-refractivity contribution in [2.45, 2.75) is 43.1 Å². The van der Waals surface area contributed by atoms with Crippen LogP contribution in [0.1, 0.15) is 42.9 Å². The van der Waals surface area contributed by atoms with Crippen molar-refractivity contribution >= 4 is 23.5 Å². The molecular formula is C15H20S2. The van der Waals surface area contributed by atoms with Gasteiger partial charge in [-0.15, -0.1) is 23.5 Å². The smallest absolute Gasteiger partial charge is 0.0834 e. The van der Waals surface area contributed by atoms with Gasteiger partial charge in [0.2, 0.25) is 0 Å². The second-order valence-electron chi connectivity index (χ2n) is 5.15. The number of aryl methyl sites for hydroxylation is 1. The van der Waals surface area contributed by atoms with E-state index in [1.54, 1.807) is 16.7 Å². The van der Waals surface area contributed by atoms with Crippen molar-refractivity contribution < 1.29 is 0 Å². The van der Waals surface area contributed by atoms with E-state index in [9.17, 15) is 0 Å². The summed E-state index contributed by atoms with van der Waals surface area (Å²) in [4.78, 5) is 0. The third-order valence-electron chi connectivity index (χ3n) is 3.93. The molecule has 0 unspecified atom stereocenters. The van der Waals surface area contributed by atoms with Crippen molar-refractivity contribution in [3.63, 3.8) is 0 Å². The lowest BCUT2D eigenvalue weighted by Crippen LogP contribution is -2.22. The van der Waals surface area contributed by atoms with Crippen molar-refractivity contribution in [2.24, 2.45) is 0 Å². The Bertz CT molecular complexity index is 405. The first-order valence-corrected chi connectivity index (χ1v) is 8.66. The molecule has 2 heteroatoms. The van der Waals surface area contributed by atoms with Crippen molar-refractivity contribution in [1.82, 2.24) is 0 Å². The predicted octanol–water partition coefficient (Wildman–Crippen LogP) is 4.61. The maximum absolute atomic E-state index is 2.44. The third-order valence-corrected chi connectivity index (χ3v) is 7.16. The zero-order valence-corrected chi connectivity index (χ0v) is 12.1. The van der Waals surface area contributed by atoms with E-state index in [4.69, 9.17) is 0 Å². The summed E-state index contributed by atoms with van der Waals surface area (Å²) in [5, 5.41) is 0. The van der Waals surface area contributed by atoms with Crippen LogP contribution < -0.4 is 0 Å². The molecule has 1 fully saturated rings. The molecule has 92 valence electrons. The summed E-state index contributed by atoms with van der Waals surface area (Å²) in [6, 6.07) is 7.01. The van der Waals surface area contributed by atoms with E-state index in [1.165, 1.54) is 43.6 Å². The van der Waals surface area contributed by atoms with E-state index >= 15 is 0 Å². The lowest BCUT2D eigenvalue weighted by atomic mass is 9.87. The SMILES string of the molecule is CC1(c2cccc3c2CCCC3)SCCCS1. The van der Waals surface area contributed by atoms with Gasteiger partial charge < -0.3 is 0 Å². The number of fused-ring (bicyclic) bond motifs is 1. The fraction of sp³-hybridized carbons (Fsp3) is 0.600. The van der Waals surface area contributed by atoms with Gasteiger partial charge in [0.1, 0.15) is 0 Å². The molecule has 1 aromatic rings. The van der Waals surface area contributed by atoms with E-state index in [1.807, 2.05) is 0 Å². The minimum Gasteiger partial charge on any atom is -0.140 e. The van der Waals surface area contributed by atoms with Crippen LogP contribution in [0.3, 0.4) is 0 Å². The maximum Gasteiger partial charge on any atom is 0.0834 e. The zero-order valence-electron chi connectivity index (χ0n) is 10.5. The highest BCUT2D eigenvalue weighted by atomic mass is 32.2. The Kier molecular flexibility index (Phi) is 3.45. The summed E-state index contributed by atoms with van der Waals surface area (Å²) in [5.74, 6) is 2.65. The Morgan fingerprint density at radius 1 is 1.00 bits per heavy atom. The summed E-state index contributed by atoms with van der Waals surface area (Å²) in [6.07, 6.45) is 6.75. The van der Waals surface area contributed by atoms with E-state index in [0.29, 0.717) is 4.08 Å². The Labute approximate surface area is 113 Å². The van der Waals surface area contributed by atoms with Gasteiger partial charge in [-0.25, -0.2) is 0 Å². The maximum atomic E-state index is 2.44. The molecule has 1 aliphatic carbocycles. The van der Waals surface area contributed by atoms with Crippen molar-refractivity contribution in [3.05, 3.63) is 34.9 Å². The van der Waals surface area contributed by atoms with Crippen LogP contribution in [0.4, 0.5) is 0 Å². The predicted molar refractivity (Wildman–Crippen MR) is 80.0 cm³/mol. The number of thioether (sulfide) groups is 2. The van der Waals surface area contributed by atoms with Crippen LogP contribution in [0, 0.1) is 0 Å². The molecule has 0 saturated carbocycles. The Balaban J connectivity index is 2.01. The molecule has 1 aliphatic heterocycles. The van der Waals surface area contributed by atoms with Gasteiger partial charge in [0.25, 0.3) is 0 Å². The molecule has 0 bridgehead atoms. The minimum atomic E-state index is 0.320. The lowest BCUT2D eigenvalue weighted by molar-refractivity contribution is 0.676. The second kappa shape index (κ2) is 4.89. The molecule has 0 amide bonds. The van der Waals surface area contributed by atoms with Gasteiger partial charge in [0.05, 0.1) is 4.08 Å². The molecule has 0 aromatic heterocycles. The van der Waals surface area contributed by atoms with Gasteiger partial charge >= 0.3 is 0 Å². The molecule has 2 aliphatic rings. The standard InChI is InChI=1S/C15H20S2/c1-15(16-10-5-11-17-15)14-9-4-7-12-6-2-3-8-13(12)14/h4,7,9H,2-3,5-6,8,10-11H2,1H3. The third kappa shape index (κ3) is 2.26. The highest BCUT2D eigenvalue weighted by molar-refractivity contribution is 8.18. The highest BCUT2D eigenvalue weighted by Gasteiger charge is 2.33. The molecule has 0 spiro atoms. The quantitative estimate of drug-likeness (QED) is 0.726. The van der Waals surface area contributed by atoms with Crippen molar-refractivity contribution in [2.75, 3.05) is 11.5 Å². The summed E-state index contributed by atoms with van der Waals surface area (Å²) < 4.78 is 0.320. The van der Waals surface area contributed by atoms with Crippen LogP contribution in [-0.2, 0) is 16.9 Å². The minimum absolute atomic E-state index is 0.320. The van der Waals surface area contributed by atoms with Gasteiger partial charge in [-0.1, -0.05) is 18.2 Å². The fourth-order valence-electron chi connectivity index (χ4n) is 3.00. The monoisotopic (exact) mass is 264 g/mol. The molecule has 0 radical (unpaired) electrons. The van der Waals surface area contributed by atoms with Crippen LogP contribution in [0.15, 0.2) is 18.2 Å². The largest absolute Gasteiger partial charge is 0.140 e. The average molecular weight is 264 g/mol. The molecule has 0 nitrogen and oxygen atoms in total. The molecule has 1 heterocycles. The van der Waals surface area contributed by atoms with Crippen LogP contribution in [0.2, 0.25) is 0 Å². The number of rotatable bonds is 1. The topological polar surface area (TPSA) is 0 Å². The summed E-state index contributed by atoms with van der Waals surface area (Å²) in [6.45, 7) is 2.44. The molecule has 0 atom stereocenters. The van der Waals surface area contributed by atoms with E-state index in [-0.39, 0.29) is 0 Å². The average Bonchev–Trinajstić information content (AvgIpc) is 2.39. The van der Waals surface area contributed by atoms with Crippen molar-refractivity contribution in [1.29, 1.82) is 0 Å².